The Morgan fingerprint density at radius 2 is 1.90 bits per heavy atom. The Balaban J connectivity index is 1.93. The Bertz CT molecular complexity index is 613. The van der Waals surface area contributed by atoms with Crippen LogP contribution in [0.3, 0.4) is 0 Å². The normalized spacial score (nSPS) is 11.7. The summed E-state index contributed by atoms with van der Waals surface area (Å²) < 4.78 is 18.4. The smallest absolute Gasteiger partial charge is 0.337 e. The number of ether oxygens (including phenoxy) is 1. The molecule has 5 heteroatoms. The van der Waals surface area contributed by atoms with E-state index >= 15 is 0 Å². The van der Waals surface area contributed by atoms with Crippen molar-refractivity contribution >= 4 is 11.7 Å². The van der Waals surface area contributed by atoms with E-state index in [1.54, 1.807) is 30.3 Å². The topological polar surface area (TPSA) is 58.6 Å². The molecule has 0 fully saturated rings. The number of halogens is 1. The summed E-state index contributed by atoms with van der Waals surface area (Å²) in [6.45, 7) is 2.28. The summed E-state index contributed by atoms with van der Waals surface area (Å²) in [5.74, 6) is -0.731. The van der Waals surface area contributed by atoms with Gasteiger partial charge < -0.3 is 15.2 Å². The number of carboxylic acids is 1. The average Bonchev–Trinajstić information content (AvgIpc) is 2.48. The molecule has 4 nitrogen and oxygen atoms in total. The molecule has 0 bridgehead atoms. The van der Waals surface area contributed by atoms with Gasteiger partial charge in [-0.25, -0.2) is 9.18 Å². The summed E-state index contributed by atoms with van der Waals surface area (Å²) in [5, 5.41) is 12.1. The van der Waals surface area contributed by atoms with E-state index < -0.39 is 5.97 Å². The van der Waals surface area contributed by atoms with E-state index in [2.05, 4.69) is 5.32 Å². The van der Waals surface area contributed by atoms with E-state index in [0.29, 0.717) is 18.0 Å². The average molecular weight is 289 g/mol. The zero-order valence-electron chi connectivity index (χ0n) is 11.5. The first-order valence-electron chi connectivity index (χ1n) is 6.54. The minimum atomic E-state index is -0.981. The summed E-state index contributed by atoms with van der Waals surface area (Å²) in [7, 11) is 0. The molecule has 1 unspecified atom stereocenters. The van der Waals surface area contributed by atoms with Crippen LogP contribution >= 0.6 is 0 Å². The van der Waals surface area contributed by atoms with Gasteiger partial charge in [0, 0.05) is 5.69 Å². The molecular formula is C16H16FNO3. The van der Waals surface area contributed by atoms with Gasteiger partial charge in [0.25, 0.3) is 0 Å². The number of carboxylic acid groups (broad SMARTS) is 1. The molecule has 0 amide bonds. The number of benzene rings is 2. The van der Waals surface area contributed by atoms with Gasteiger partial charge in [-0.3, -0.25) is 0 Å². The number of nitrogens with one attached hydrogen (secondary N) is 1. The largest absolute Gasteiger partial charge is 0.489 e. The number of rotatable bonds is 6. The maximum absolute atomic E-state index is 12.8. The van der Waals surface area contributed by atoms with Crippen LogP contribution in [0, 0.1) is 5.82 Å². The second-order valence-corrected chi connectivity index (χ2v) is 4.61. The van der Waals surface area contributed by atoms with E-state index in [4.69, 9.17) is 9.84 Å². The van der Waals surface area contributed by atoms with Crippen molar-refractivity contribution in [1.82, 2.24) is 0 Å². The molecule has 0 spiro atoms. The standard InChI is InChI=1S/C16H16FNO3/c1-11(21-13-8-6-12(17)7-9-13)10-18-15-5-3-2-4-14(15)16(19)20/h2-9,11,18H,10H2,1H3,(H,19,20). The van der Waals surface area contributed by atoms with Crippen LogP contribution in [-0.4, -0.2) is 23.7 Å². The molecule has 2 aromatic carbocycles. The van der Waals surface area contributed by atoms with Crippen molar-refractivity contribution in [3.05, 3.63) is 59.9 Å². The lowest BCUT2D eigenvalue weighted by Gasteiger charge is -2.17. The van der Waals surface area contributed by atoms with Crippen molar-refractivity contribution in [3.8, 4) is 5.75 Å². The summed E-state index contributed by atoms with van der Waals surface area (Å²) in [6.07, 6.45) is -0.197. The first-order chi connectivity index (χ1) is 10.1. The van der Waals surface area contributed by atoms with Gasteiger partial charge in [0.05, 0.1) is 12.1 Å². The van der Waals surface area contributed by atoms with Crippen molar-refractivity contribution in [3.63, 3.8) is 0 Å². The minimum absolute atomic E-state index is 0.197. The molecule has 0 saturated heterocycles. The minimum Gasteiger partial charge on any atom is -0.489 e. The summed E-state index contributed by atoms with van der Waals surface area (Å²) in [4.78, 5) is 11.1. The Morgan fingerprint density at radius 1 is 1.24 bits per heavy atom. The highest BCUT2D eigenvalue weighted by molar-refractivity contribution is 5.94. The van der Waals surface area contributed by atoms with E-state index in [1.165, 1.54) is 18.2 Å². The van der Waals surface area contributed by atoms with Crippen molar-refractivity contribution in [2.75, 3.05) is 11.9 Å². The molecule has 2 N–H and O–H groups in total. The lowest BCUT2D eigenvalue weighted by atomic mass is 10.2. The van der Waals surface area contributed by atoms with E-state index in [1.807, 2.05) is 6.92 Å². The molecule has 1 atom stereocenters. The third kappa shape index (κ3) is 4.21. The van der Waals surface area contributed by atoms with Crippen LogP contribution in [-0.2, 0) is 0 Å². The van der Waals surface area contributed by atoms with Crippen molar-refractivity contribution in [1.29, 1.82) is 0 Å². The van der Waals surface area contributed by atoms with Gasteiger partial charge >= 0.3 is 5.97 Å². The lowest BCUT2D eigenvalue weighted by Crippen LogP contribution is -2.23. The van der Waals surface area contributed by atoms with Crippen molar-refractivity contribution < 1.29 is 19.0 Å². The van der Waals surface area contributed by atoms with Crippen LogP contribution in [0.15, 0.2) is 48.5 Å². The van der Waals surface area contributed by atoms with Crippen LogP contribution in [0.5, 0.6) is 5.75 Å². The molecule has 0 radical (unpaired) electrons. The van der Waals surface area contributed by atoms with Gasteiger partial charge in [-0.05, 0) is 43.3 Å². The molecule has 0 aliphatic heterocycles. The lowest BCUT2D eigenvalue weighted by molar-refractivity contribution is 0.0698. The van der Waals surface area contributed by atoms with E-state index in [9.17, 15) is 9.18 Å². The molecule has 0 aliphatic carbocycles. The maximum Gasteiger partial charge on any atom is 0.337 e. The first kappa shape index (κ1) is 14.8. The van der Waals surface area contributed by atoms with Crippen LogP contribution in [0.2, 0.25) is 0 Å². The molecule has 110 valence electrons. The number of hydrogen-bond acceptors (Lipinski definition) is 3. The molecule has 2 aromatic rings. The fourth-order valence-electron chi connectivity index (χ4n) is 1.86. The highest BCUT2D eigenvalue weighted by Crippen LogP contribution is 2.16. The first-order valence-corrected chi connectivity index (χ1v) is 6.54. The molecule has 0 aromatic heterocycles. The van der Waals surface area contributed by atoms with Crippen LogP contribution in [0.4, 0.5) is 10.1 Å². The molecule has 0 aliphatic rings. The highest BCUT2D eigenvalue weighted by Gasteiger charge is 2.10. The predicted octanol–water partition coefficient (Wildman–Crippen LogP) is 3.40. The molecule has 0 heterocycles. The summed E-state index contributed by atoms with van der Waals surface area (Å²) in [6, 6.07) is 12.4. The number of carbonyl (C=O) groups is 1. The second kappa shape index (κ2) is 6.74. The maximum atomic E-state index is 12.8. The molecule has 21 heavy (non-hydrogen) atoms. The Hall–Kier alpha value is -2.56. The number of para-hydroxylation sites is 1. The Morgan fingerprint density at radius 3 is 2.57 bits per heavy atom. The van der Waals surface area contributed by atoms with E-state index in [-0.39, 0.29) is 17.5 Å². The fraction of sp³-hybridized carbons (Fsp3) is 0.188. The van der Waals surface area contributed by atoms with Crippen LogP contribution in [0.25, 0.3) is 0 Å². The monoisotopic (exact) mass is 289 g/mol. The van der Waals surface area contributed by atoms with Gasteiger partial charge in [-0.1, -0.05) is 12.1 Å². The number of anilines is 1. The Kier molecular flexibility index (Phi) is 4.77. The third-order valence-electron chi connectivity index (χ3n) is 2.89. The summed E-state index contributed by atoms with van der Waals surface area (Å²) in [5.41, 5.74) is 0.756. The SMILES string of the molecule is CC(CNc1ccccc1C(=O)O)Oc1ccc(F)cc1. The van der Waals surface area contributed by atoms with Crippen molar-refractivity contribution in [2.24, 2.45) is 0 Å². The van der Waals surface area contributed by atoms with Crippen LogP contribution in [0.1, 0.15) is 17.3 Å². The predicted molar refractivity (Wildman–Crippen MR) is 78.4 cm³/mol. The van der Waals surface area contributed by atoms with Gasteiger partial charge in [0.1, 0.15) is 17.7 Å². The highest BCUT2D eigenvalue weighted by atomic mass is 19.1. The molecule has 0 saturated carbocycles. The van der Waals surface area contributed by atoms with Gasteiger partial charge in [-0.15, -0.1) is 0 Å². The van der Waals surface area contributed by atoms with Crippen molar-refractivity contribution in [2.45, 2.75) is 13.0 Å². The molecule has 2 rings (SSSR count). The second-order valence-electron chi connectivity index (χ2n) is 4.61. The zero-order chi connectivity index (χ0) is 15.2. The van der Waals surface area contributed by atoms with Crippen LogP contribution < -0.4 is 10.1 Å². The quantitative estimate of drug-likeness (QED) is 0.855. The van der Waals surface area contributed by atoms with Gasteiger partial charge in [0.2, 0.25) is 0 Å². The third-order valence-corrected chi connectivity index (χ3v) is 2.89. The van der Waals surface area contributed by atoms with E-state index in [0.717, 1.165) is 0 Å². The Labute approximate surface area is 122 Å². The number of aromatic carboxylic acids is 1. The van der Waals surface area contributed by atoms with Gasteiger partial charge in [0.15, 0.2) is 0 Å². The van der Waals surface area contributed by atoms with Gasteiger partial charge in [-0.2, -0.15) is 0 Å². The summed E-state index contributed by atoms with van der Waals surface area (Å²) >= 11 is 0. The number of hydrogen-bond donors (Lipinski definition) is 2. The fourth-order valence-corrected chi connectivity index (χ4v) is 1.86. The molecular weight excluding hydrogens is 273 g/mol. The zero-order valence-corrected chi connectivity index (χ0v) is 11.5.